The van der Waals surface area contributed by atoms with Crippen molar-refractivity contribution < 1.29 is 4.74 Å². The van der Waals surface area contributed by atoms with Crippen LogP contribution in [0, 0.1) is 0 Å². The maximum atomic E-state index is 11.0. The van der Waals surface area contributed by atoms with E-state index in [1.54, 1.807) is 7.11 Å². The minimum Gasteiger partial charge on any atom is -0.385 e. The second-order valence-electron chi connectivity index (χ2n) is 2.48. The fraction of sp³-hybridized carbons (Fsp3) is 0.667. The van der Waals surface area contributed by atoms with Gasteiger partial charge in [-0.25, -0.2) is 5.84 Å². The second-order valence-corrected chi connectivity index (χ2v) is 3.05. The topological polar surface area (TPSA) is 84.2 Å². The van der Waals surface area contributed by atoms with Crippen LogP contribution in [0.25, 0.3) is 0 Å². The first-order valence-electron chi connectivity index (χ1n) is 3.81. The predicted octanol–water partition coefficient (Wildman–Crippen LogP) is -0.452. The Morgan fingerprint density at radius 1 is 1.77 bits per heavy atom. The van der Waals surface area contributed by atoms with E-state index in [1.165, 1.54) is 5.01 Å². The first kappa shape index (κ1) is 10.2. The summed E-state index contributed by atoms with van der Waals surface area (Å²) in [6.45, 7) is 1.18. The number of nitrogens with two attached hydrogens (primary N) is 1. The molecule has 0 aliphatic rings. The van der Waals surface area contributed by atoms with E-state index in [2.05, 4.69) is 8.75 Å². The average Bonchev–Trinajstić information content (AvgIpc) is 2.52. The van der Waals surface area contributed by atoms with Gasteiger partial charge in [0.1, 0.15) is 0 Å². The van der Waals surface area contributed by atoms with Gasteiger partial charge in [-0.3, -0.25) is 14.2 Å². The molecule has 0 amide bonds. The second kappa shape index (κ2) is 4.95. The van der Waals surface area contributed by atoms with Crippen LogP contribution < -0.4 is 16.4 Å². The van der Waals surface area contributed by atoms with Crippen molar-refractivity contribution in [2.24, 2.45) is 5.84 Å². The third kappa shape index (κ3) is 2.79. The number of hydrogen-bond donors (Lipinski definition) is 2. The van der Waals surface area contributed by atoms with Crippen LogP contribution >= 0.6 is 11.7 Å². The van der Waals surface area contributed by atoms with Gasteiger partial charge in [-0.2, -0.15) is 4.37 Å². The monoisotopic (exact) mass is 204 g/mol. The highest BCUT2D eigenvalue weighted by Gasteiger charge is 2.08. The lowest BCUT2D eigenvalue weighted by Crippen LogP contribution is -2.36. The summed E-state index contributed by atoms with van der Waals surface area (Å²) in [4.78, 5) is 11.0. The van der Waals surface area contributed by atoms with Crippen molar-refractivity contribution in [3.05, 3.63) is 10.4 Å². The Labute approximate surface area is 79.6 Å². The molecule has 0 saturated heterocycles. The zero-order valence-electron chi connectivity index (χ0n) is 7.32. The van der Waals surface area contributed by atoms with Crippen LogP contribution in [0.1, 0.15) is 6.42 Å². The van der Waals surface area contributed by atoms with Crippen LogP contribution in [0.4, 0.5) is 5.82 Å². The SMILES string of the molecule is COCCCN(N)c1ns[nH]c1=O. The Balaban J connectivity index is 2.44. The summed E-state index contributed by atoms with van der Waals surface area (Å²) in [5.74, 6) is 5.85. The first-order chi connectivity index (χ1) is 6.25. The van der Waals surface area contributed by atoms with E-state index in [0.717, 1.165) is 18.1 Å². The van der Waals surface area contributed by atoms with Gasteiger partial charge < -0.3 is 4.74 Å². The molecule has 0 bridgehead atoms. The van der Waals surface area contributed by atoms with Crippen molar-refractivity contribution in [1.82, 2.24) is 8.75 Å². The van der Waals surface area contributed by atoms with Gasteiger partial charge in [0.25, 0.3) is 0 Å². The van der Waals surface area contributed by atoms with E-state index in [1.807, 2.05) is 0 Å². The highest BCUT2D eigenvalue weighted by molar-refractivity contribution is 6.99. The zero-order chi connectivity index (χ0) is 9.68. The zero-order valence-corrected chi connectivity index (χ0v) is 8.13. The smallest absolute Gasteiger partial charge is 0.303 e. The van der Waals surface area contributed by atoms with E-state index in [0.29, 0.717) is 13.2 Å². The Morgan fingerprint density at radius 3 is 3.08 bits per heavy atom. The van der Waals surface area contributed by atoms with Crippen molar-refractivity contribution in [3.8, 4) is 0 Å². The molecule has 0 aliphatic carbocycles. The van der Waals surface area contributed by atoms with Gasteiger partial charge >= 0.3 is 5.56 Å². The molecule has 13 heavy (non-hydrogen) atoms. The molecule has 3 N–H and O–H groups in total. The van der Waals surface area contributed by atoms with Gasteiger partial charge in [0.05, 0.1) is 0 Å². The Bertz CT molecular complexity index is 297. The molecule has 0 aromatic carbocycles. The van der Waals surface area contributed by atoms with E-state index in [-0.39, 0.29) is 11.4 Å². The molecule has 0 unspecified atom stereocenters. The van der Waals surface area contributed by atoms with Crippen LogP contribution in [0.3, 0.4) is 0 Å². The van der Waals surface area contributed by atoms with E-state index < -0.39 is 0 Å². The van der Waals surface area contributed by atoms with E-state index in [4.69, 9.17) is 10.6 Å². The summed E-state index contributed by atoms with van der Waals surface area (Å²) in [6.07, 6.45) is 0.768. The third-order valence-electron chi connectivity index (χ3n) is 1.49. The van der Waals surface area contributed by atoms with Gasteiger partial charge in [-0.15, -0.1) is 0 Å². The lowest BCUT2D eigenvalue weighted by atomic mass is 10.4. The minimum absolute atomic E-state index is 0.245. The number of methoxy groups -OCH3 is 1. The molecule has 1 aromatic rings. The fourth-order valence-electron chi connectivity index (χ4n) is 0.863. The standard InChI is InChI=1S/C6H12N4O2S/c1-12-4-2-3-10(7)5-6(11)9-13-8-5/h2-4,7H2,1H3,(H,9,11). The number of H-pyrrole nitrogens is 1. The molecule has 7 heteroatoms. The summed E-state index contributed by atoms with van der Waals surface area (Å²) in [5, 5.41) is 1.33. The van der Waals surface area contributed by atoms with Gasteiger partial charge in [-0.05, 0) is 6.42 Å². The van der Waals surface area contributed by atoms with E-state index >= 15 is 0 Å². The Hall–Kier alpha value is -0.920. The van der Waals surface area contributed by atoms with Crippen LogP contribution in [0.15, 0.2) is 4.79 Å². The number of hydrogen-bond acceptors (Lipinski definition) is 6. The molecule has 74 valence electrons. The molecule has 0 radical (unpaired) electrons. The minimum atomic E-state index is -0.245. The number of nitrogens with one attached hydrogen (secondary N) is 1. The molecule has 1 aromatic heterocycles. The van der Waals surface area contributed by atoms with Gasteiger partial charge in [0.15, 0.2) is 0 Å². The maximum Gasteiger partial charge on any atom is 0.303 e. The van der Waals surface area contributed by atoms with Crippen LogP contribution in [-0.4, -0.2) is 29.0 Å². The summed E-state index contributed by atoms with van der Waals surface area (Å²) >= 11 is 0.993. The quantitative estimate of drug-likeness (QED) is 0.385. The number of rotatable bonds is 5. The number of aromatic nitrogens is 2. The Kier molecular flexibility index (Phi) is 3.87. The van der Waals surface area contributed by atoms with E-state index in [9.17, 15) is 4.79 Å². The molecule has 0 atom stereocenters. The van der Waals surface area contributed by atoms with Crippen molar-refractivity contribution in [3.63, 3.8) is 0 Å². The molecule has 0 fully saturated rings. The average molecular weight is 204 g/mol. The summed E-state index contributed by atoms with van der Waals surface area (Å²) in [5.41, 5.74) is -0.245. The molecular formula is C6H12N4O2S. The Morgan fingerprint density at radius 2 is 2.54 bits per heavy atom. The lowest BCUT2D eigenvalue weighted by Gasteiger charge is -2.13. The number of ether oxygens (including phenoxy) is 1. The largest absolute Gasteiger partial charge is 0.385 e. The fourth-order valence-corrected chi connectivity index (χ4v) is 1.36. The van der Waals surface area contributed by atoms with Gasteiger partial charge in [0, 0.05) is 32.0 Å². The van der Waals surface area contributed by atoms with Crippen molar-refractivity contribution >= 4 is 17.5 Å². The molecule has 0 spiro atoms. The summed E-state index contributed by atoms with van der Waals surface area (Å²) in [6, 6.07) is 0. The molecule has 1 heterocycles. The van der Waals surface area contributed by atoms with Crippen LogP contribution in [0.2, 0.25) is 0 Å². The highest BCUT2D eigenvalue weighted by Crippen LogP contribution is 1.99. The summed E-state index contributed by atoms with van der Waals surface area (Å²) < 4.78 is 11.1. The molecular weight excluding hydrogens is 192 g/mol. The number of hydrazine groups is 1. The molecule has 0 aliphatic heterocycles. The van der Waals surface area contributed by atoms with Crippen LogP contribution in [-0.2, 0) is 4.74 Å². The lowest BCUT2D eigenvalue weighted by molar-refractivity contribution is 0.196. The van der Waals surface area contributed by atoms with Crippen molar-refractivity contribution in [2.75, 3.05) is 25.3 Å². The normalized spacial score (nSPS) is 10.3. The third-order valence-corrected chi connectivity index (χ3v) is 2.03. The number of anilines is 1. The number of aromatic amines is 1. The van der Waals surface area contributed by atoms with Crippen molar-refractivity contribution in [1.29, 1.82) is 0 Å². The maximum absolute atomic E-state index is 11.0. The predicted molar refractivity (Wildman–Crippen MR) is 50.8 cm³/mol. The first-order valence-corrected chi connectivity index (χ1v) is 4.58. The van der Waals surface area contributed by atoms with Gasteiger partial charge in [-0.1, -0.05) is 0 Å². The summed E-state index contributed by atoms with van der Waals surface area (Å²) in [7, 11) is 1.62. The van der Waals surface area contributed by atoms with Gasteiger partial charge in [0.2, 0.25) is 5.82 Å². The molecule has 6 nitrogen and oxygen atoms in total. The highest BCUT2D eigenvalue weighted by atomic mass is 32.1. The molecule has 0 saturated carbocycles. The van der Waals surface area contributed by atoms with Crippen molar-refractivity contribution in [2.45, 2.75) is 6.42 Å². The number of nitrogens with zero attached hydrogens (tertiary/aromatic N) is 2. The molecule has 1 rings (SSSR count). The van der Waals surface area contributed by atoms with Crippen LogP contribution in [0.5, 0.6) is 0 Å².